The second-order valence-electron chi connectivity index (χ2n) is 4.71. The molecule has 0 amide bonds. The number of rotatable bonds is 5. The van der Waals surface area contributed by atoms with Gasteiger partial charge in [0.1, 0.15) is 10.7 Å². The number of nitrogens with one attached hydrogen (secondary N) is 1. The Balaban J connectivity index is 2.14. The first-order valence-corrected chi connectivity index (χ1v) is 8.85. The molecule has 2 rings (SSSR count). The van der Waals surface area contributed by atoms with Gasteiger partial charge in [0, 0.05) is 11.0 Å². The standard InChI is InChI=1S/C15H17BrN2O3S/c1-21-13-4-2-3-11(5-7-13)10-18-22(19,20)15-9-12(16)6-8-14(15)17/h2,4-9,18H,3,10,17H2,1H3. The number of anilines is 1. The molecule has 0 unspecified atom stereocenters. The molecule has 0 saturated carbocycles. The maximum Gasteiger partial charge on any atom is 0.242 e. The highest BCUT2D eigenvalue weighted by atomic mass is 79.9. The van der Waals surface area contributed by atoms with E-state index in [0.29, 0.717) is 10.9 Å². The molecule has 1 aromatic rings. The van der Waals surface area contributed by atoms with Crippen molar-refractivity contribution in [3.63, 3.8) is 0 Å². The first kappa shape index (κ1) is 16.8. The number of sulfonamides is 1. The van der Waals surface area contributed by atoms with Crippen molar-refractivity contribution in [2.45, 2.75) is 11.3 Å². The quantitative estimate of drug-likeness (QED) is 0.764. The van der Waals surface area contributed by atoms with Crippen molar-refractivity contribution in [3.8, 4) is 0 Å². The van der Waals surface area contributed by atoms with E-state index in [1.54, 1.807) is 25.3 Å². The van der Waals surface area contributed by atoms with Crippen molar-refractivity contribution in [1.29, 1.82) is 0 Å². The number of methoxy groups -OCH3 is 1. The zero-order valence-electron chi connectivity index (χ0n) is 12.0. The molecule has 0 aliphatic heterocycles. The Morgan fingerprint density at radius 2 is 2.14 bits per heavy atom. The third-order valence-corrected chi connectivity index (χ3v) is 5.09. The maximum atomic E-state index is 12.4. The van der Waals surface area contributed by atoms with Crippen LogP contribution in [-0.2, 0) is 14.8 Å². The van der Waals surface area contributed by atoms with Crippen LogP contribution in [0.2, 0.25) is 0 Å². The first-order valence-electron chi connectivity index (χ1n) is 6.57. The molecule has 1 aromatic carbocycles. The minimum Gasteiger partial charge on any atom is -0.497 e. The molecule has 0 atom stereocenters. The van der Waals surface area contributed by atoms with Crippen molar-refractivity contribution in [2.75, 3.05) is 19.4 Å². The van der Waals surface area contributed by atoms with Crippen LogP contribution in [0.5, 0.6) is 0 Å². The van der Waals surface area contributed by atoms with Crippen LogP contribution in [-0.4, -0.2) is 22.1 Å². The predicted molar refractivity (Wildman–Crippen MR) is 90.7 cm³/mol. The number of nitrogens with two attached hydrogens (primary N) is 1. The summed E-state index contributed by atoms with van der Waals surface area (Å²) in [5, 5.41) is 0. The molecule has 118 valence electrons. The highest BCUT2D eigenvalue weighted by Crippen LogP contribution is 2.23. The molecule has 0 bridgehead atoms. The Bertz CT molecular complexity index is 752. The Morgan fingerprint density at radius 3 is 2.86 bits per heavy atom. The summed E-state index contributed by atoms with van der Waals surface area (Å²) in [7, 11) is -2.07. The summed E-state index contributed by atoms with van der Waals surface area (Å²) in [4.78, 5) is 0.0692. The summed E-state index contributed by atoms with van der Waals surface area (Å²) in [6.45, 7) is 0.214. The van der Waals surface area contributed by atoms with Gasteiger partial charge in [-0.2, -0.15) is 0 Å². The van der Waals surface area contributed by atoms with E-state index in [9.17, 15) is 8.42 Å². The van der Waals surface area contributed by atoms with Gasteiger partial charge in [0.15, 0.2) is 0 Å². The molecular weight excluding hydrogens is 368 g/mol. The monoisotopic (exact) mass is 384 g/mol. The molecule has 0 spiro atoms. The van der Waals surface area contributed by atoms with Crippen molar-refractivity contribution in [3.05, 3.63) is 58.3 Å². The molecule has 0 aromatic heterocycles. The Labute approximate surface area is 138 Å². The molecule has 0 heterocycles. The van der Waals surface area contributed by atoms with Gasteiger partial charge in [0.05, 0.1) is 12.8 Å². The van der Waals surface area contributed by atoms with Crippen LogP contribution in [0.1, 0.15) is 6.42 Å². The van der Waals surface area contributed by atoms with Crippen LogP contribution >= 0.6 is 15.9 Å². The minimum absolute atomic E-state index is 0.0692. The Morgan fingerprint density at radius 1 is 1.36 bits per heavy atom. The summed E-state index contributed by atoms with van der Waals surface area (Å²) in [5.41, 5.74) is 6.90. The van der Waals surface area contributed by atoms with E-state index in [4.69, 9.17) is 10.5 Å². The fraction of sp³-hybridized carbons (Fsp3) is 0.200. The zero-order chi connectivity index (χ0) is 16.2. The van der Waals surface area contributed by atoms with Crippen LogP contribution in [0.25, 0.3) is 0 Å². The Kier molecular flexibility index (Phi) is 5.44. The SMILES string of the molecule is COC1=CC=C(CNS(=O)(=O)c2cc(Br)ccc2N)CC=C1. The van der Waals surface area contributed by atoms with Gasteiger partial charge in [-0.25, -0.2) is 13.1 Å². The lowest BCUT2D eigenvalue weighted by atomic mass is 10.2. The molecule has 0 radical (unpaired) electrons. The van der Waals surface area contributed by atoms with E-state index in [-0.39, 0.29) is 17.1 Å². The second-order valence-corrected chi connectivity index (χ2v) is 7.36. The lowest BCUT2D eigenvalue weighted by Crippen LogP contribution is -2.26. The van der Waals surface area contributed by atoms with Gasteiger partial charge in [-0.05, 0) is 36.8 Å². The number of halogens is 1. The minimum atomic E-state index is -3.67. The van der Waals surface area contributed by atoms with Gasteiger partial charge >= 0.3 is 0 Å². The number of ether oxygens (including phenoxy) is 1. The van der Waals surface area contributed by atoms with Crippen molar-refractivity contribution in [1.82, 2.24) is 4.72 Å². The number of hydrogen-bond acceptors (Lipinski definition) is 4. The van der Waals surface area contributed by atoms with E-state index in [1.807, 2.05) is 18.2 Å². The Hall–Kier alpha value is -1.57. The molecule has 22 heavy (non-hydrogen) atoms. The smallest absolute Gasteiger partial charge is 0.242 e. The van der Waals surface area contributed by atoms with E-state index in [0.717, 1.165) is 11.3 Å². The maximum absolute atomic E-state index is 12.4. The van der Waals surface area contributed by atoms with Crippen LogP contribution in [0.15, 0.2) is 63.2 Å². The fourth-order valence-electron chi connectivity index (χ4n) is 1.92. The van der Waals surface area contributed by atoms with E-state index in [1.165, 1.54) is 6.07 Å². The third-order valence-electron chi connectivity index (χ3n) is 3.14. The van der Waals surface area contributed by atoms with E-state index in [2.05, 4.69) is 20.7 Å². The molecule has 5 nitrogen and oxygen atoms in total. The van der Waals surface area contributed by atoms with Gasteiger partial charge < -0.3 is 10.5 Å². The zero-order valence-corrected chi connectivity index (χ0v) is 14.4. The van der Waals surface area contributed by atoms with Gasteiger partial charge in [-0.3, -0.25) is 0 Å². The average molecular weight is 385 g/mol. The van der Waals surface area contributed by atoms with E-state index >= 15 is 0 Å². The molecule has 0 saturated heterocycles. The number of hydrogen-bond donors (Lipinski definition) is 2. The average Bonchev–Trinajstić information content (AvgIpc) is 2.72. The lowest BCUT2D eigenvalue weighted by molar-refractivity contribution is 0.307. The highest BCUT2D eigenvalue weighted by molar-refractivity contribution is 9.10. The fourth-order valence-corrected chi connectivity index (χ4v) is 3.63. The van der Waals surface area contributed by atoms with Gasteiger partial charge in [0.2, 0.25) is 10.0 Å². The molecule has 1 aliphatic carbocycles. The van der Waals surface area contributed by atoms with Crippen molar-refractivity contribution >= 4 is 31.6 Å². The molecule has 0 fully saturated rings. The summed E-state index contributed by atoms with van der Waals surface area (Å²) >= 11 is 3.25. The summed E-state index contributed by atoms with van der Waals surface area (Å²) in [5.74, 6) is 0.731. The third kappa shape index (κ3) is 4.22. The van der Waals surface area contributed by atoms with Crippen LogP contribution in [0.3, 0.4) is 0 Å². The summed E-state index contributed by atoms with van der Waals surface area (Å²) in [6, 6.07) is 4.74. The number of allylic oxidation sites excluding steroid dienone is 4. The van der Waals surface area contributed by atoms with Crippen LogP contribution in [0.4, 0.5) is 5.69 Å². The molecule has 3 N–H and O–H groups in total. The largest absolute Gasteiger partial charge is 0.497 e. The summed E-state index contributed by atoms with van der Waals surface area (Å²) in [6.07, 6.45) is 8.09. The van der Waals surface area contributed by atoms with Gasteiger partial charge in [0.25, 0.3) is 0 Å². The lowest BCUT2D eigenvalue weighted by Gasteiger charge is -2.10. The van der Waals surface area contributed by atoms with Crippen molar-refractivity contribution in [2.24, 2.45) is 0 Å². The van der Waals surface area contributed by atoms with Crippen LogP contribution in [0, 0.1) is 0 Å². The normalized spacial score (nSPS) is 15.0. The second kappa shape index (κ2) is 7.13. The highest BCUT2D eigenvalue weighted by Gasteiger charge is 2.18. The van der Waals surface area contributed by atoms with E-state index < -0.39 is 10.0 Å². The first-order chi connectivity index (χ1) is 10.4. The van der Waals surface area contributed by atoms with Gasteiger partial charge in [-0.15, -0.1) is 0 Å². The molecular formula is C15H17BrN2O3S. The topological polar surface area (TPSA) is 81.4 Å². The molecule has 7 heteroatoms. The molecule has 1 aliphatic rings. The van der Waals surface area contributed by atoms with Crippen LogP contribution < -0.4 is 10.5 Å². The predicted octanol–water partition coefficient (Wildman–Crippen LogP) is 2.73. The summed E-state index contributed by atoms with van der Waals surface area (Å²) < 4.78 is 33.1. The van der Waals surface area contributed by atoms with Crippen molar-refractivity contribution < 1.29 is 13.2 Å². The number of benzene rings is 1. The van der Waals surface area contributed by atoms with Gasteiger partial charge in [-0.1, -0.05) is 33.7 Å². The number of nitrogen functional groups attached to an aromatic ring is 1.